The van der Waals surface area contributed by atoms with Gasteiger partial charge in [0.25, 0.3) is 0 Å². The highest BCUT2D eigenvalue weighted by Gasteiger charge is 2.11. The molecule has 0 fully saturated rings. The predicted octanol–water partition coefficient (Wildman–Crippen LogP) is 2.78. The molecule has 0 unspecified atom stereocenters. The van der Waals surface area contributed by atoms with Crippen molar-refractivity contribution in [2.75, 3.05) is 12.4 Å². The maximum absolute atomic E-state index is 8.77. The van der Waals surface area contributed by atoms with Crippen LogP contribution in [0.3, 0.4) is 0 Å². The molecule has 0 aliphatic heterocycles. The minimum atomic E-state index is 0.239. The second-order valence-electron chi connectivity index (χ2n) is 3.57. The number of aryl methyl sites for hydroxylation is 2. The fourth-order valence-electron chi connectivity index (χ4n) is 1.49. The Bertz CT molecular complexity index is 496. The van der Waals surface area contributed by atoms with Crippen LogP contribution in [-0.2, 0) is 0 Å². The SMILES string of the molecule is Cc1sc2ncnc(SCCCO)c2c1C. The first kappa shape index (κ1) is 11.8. The number of hydrogen-bond acceptors (Lipinski definition) is 5. The van der Waals surface area contributed by atoms with E-state index in [2.05, 4.69) is 23.8 Å². The van der Waals surface area contributed by atoms with Crippen LogP contribution in [0, 0.1) is 13.8 Å². The van der Waals surface area contributed by atoms with Gasteiger partial charge < -0.3 is 5.11 Å². The van der Waals surface area contributed by atoms with Crippen molar-refractivity contribution in [2.45, 2.75) is 25.3 Å². The molecule has 0 saturated heterocycles. The van der Waals surface area contributed by atoms with E-state index in [-0.39, 0.29) is 6.61 Å². The summed E-state index contributed by atoms with van der Waals surface area (Å²) < 4.78 is 0. The molecule has 5 heteroatoms. The number of rotatable bonds is 4. The van der Waals surface area contributed by atoms with Gasteiger partial charge in [0, 0.05) is 22.6 Å². The summed E-state index contributed by atoms with van der Waals surface area (Å²) in [7, 11) is 0. The molecule has 1 N–H and O–H groups in total. The Morgan fingerprint density at radius 1 is 1.38 bits per heavy atom. The van der Waals surface area contributed by atoms with Crippen molar-refractivity contribution < 1.29 is 5.11 Å². The van der Waals surface area contributed by atoms with E-state index >= 15 is 0 Å². The highest BCUT2D eigenvalue weighted by Crippen LogP contribution is 2.34. The summed E-state index contributed by atoms with van der Waals surface area (Å²) in [6.45, 7) is 4.47. The summed E-state index contributed by atoms with van der Waals surface area (Å²) in [5.74, 6) is 0.900. The molecule has 16 heavy (non-hydrogen) atoms. The molecule has 2 aromatic heterocycles. The van der Waals surface area contributed by atoms with Crippen LogP contribution in [0.1, 0.15) is 16.9 Å². The average Bonchev–Trinajstić information content (AvgIpc) is 2.56. The van der Waals surface area contributed by atoms with E-state index in [1.54, 1.807) is 29.4 Å². The average molecular weight is 254 g/mol. The Kier molecular flexibility index (Phi) is 3.78. The molecule has 0 aliphatic carbocycles. The molecular formula is C11H14N2OS2. The third-order valence-electron chi connectivity index (χ3n) is 2.47. The quantitative estimate of drug-likeness (QED) is 0.518. The van der Waals surface area contributed by atoms with Gasteiger partial charge in [0.15, 0.2) is 0 Å². The lowest BCUT2D eigenvalue weighted by Gasteiger charge is -2.01. The summed E-state index contributed by atoms with van der Waals surface area (Å²) in [6.07, 6.45) is 2.43. The van der Waals surface area contributed by atoms with E-state index in [0.717, 1.165) is 22.0 Å². The molecule has 2 rings (SSSR count). The van der Waals surface area contributed by atoms with Crippen molar-refractivity contribution >= 4 is 33.3 Å². The molecular weight excluding hydrogens is 240 g/mol. The van der Waals surface area contributed by atoms with E-state index in [0.29, 0.717) is 0 Å². The largest absolute Gasteiger partial charge is 0.396 e. The Morgan fingerprint density at radius 3 is 2.94 bits per heavy atom. The lowest BCUT2D eigenvalue weighted by Crippen LogP contribution is -1.89. The zero-order chi connectivity index (χ0) is 11.5. The molecule has 2 aromatic rings. The summed E-state index contributed by atoms with van der Waals surface area (Å²) in [4.78, 5) is 11.0. The van der Waals surface area contributed by atoms with Crippen molar-refractivity contribution in [2.24, 2.45) is 0 Å². The van der Waals surface area contributed by atoms with Gasteiger partial charge >= 0.3 is 0 Å². The van der Waals surface area contributed by atoms with Crippen LogP contribution >= 0.6 is 23.1 Å². The van der Waals surface area contributed by atoms with Crippen LogP contribution in [0.25, 0.3) is 10.2 Å². The standard InChI is InChI=1S/C11H14N2OS2/c1-7-8(2)16-11-9(7)10(12-6-13-11)15-5-3-4-14/h6,14H,3-5H2,1-2H3. The topological polar surface area (TPSA) is 46.0 Å². The number of aliphatic hydroxyl groups excluding tert-OH is 1. The highest BCUT2D eigenvalue weighted by molar-refractivity contribution is 7.99. The van der Waals surface area contributed by atoms with E-state index in [4.69, 9.17) is 5.11 Å². The number of hydrogen-bond donors (Lipinski definition) is 1. The molecule has 0 aliphatic rings. The molecule has 86 valence electrons. The predicted molar refractivity (Wildman–Crippen MR) is 69.3 cm³/mol. The van der Waals surface area contributed by atoms with Crippen molar-refractivity contribution in [1.29, 1.82) is 0 Å². The second-order valence-corrected chi connectivity index (χ2v) is 5.85. The fourth-order valence-corrected chi connectivity index (χ4v) is 3.54. The lowest BCUT2D eigenvalue weighted by molar-refractivity contribution is 0.296. The summed E-state index contributed by atoms with van der Waals surface area (Å²) in [6, 6.07) is 0. The van der Waals surface area contributed by atoms with Crippen molar-refractivity contribution in [3.63, 3.8) is 0 Å². The van der Waals surface area contributed by atoms with Gasteiger partial charge in [-0.3, -0.25) is 0 Å². The van der Waals surface area contributed by atoms with E-state index in [1.165, 1.54) is 15.8 Å². The first-order valence-corrected chi connectivity index (χ1v) is 6.98. The van der Waals surface area contributed by atoms with Crippen LogP contribution in [0.15, 0.2) is 11.4 Å². The van der Waals surface area contributed by atoms with Gasteiger partial charge in [0.2, 0.25) is 0 Å². The third-order valence-corrected chi connectivity index (χ3v) is 4.66. The Hall–Kier alpha value is -0.650. The highest BCUT2D eigenvalue weighted by atomic mass is 32.2. The van der Waals surface area contributed by atoms with Crippen molar-refractivity contribution in [3.05, 3.63) is 16.8 Å². The van der Waals surface area contributed by atoms with Crippen LogP contribution in [0.5, 0.6) is 0 Å². The fraction of sp³-hybridized carbons (Fsp3) is 0.455. The minimum absolute atomic E-state index is 0.239. The zero-order valence-electron chi connectivity index (χ0n) is 9.36. The maximum Gasteiger partial charge on any atom is 0.128 e. The van der Waals surface area contributed by atoms with Gasteiger partial charge in [-0.2, -0.15) is 0 Å². The molecule has 0 bridgehead atoms. The molecule has 3 nitrogen and oxygen atoms in total. The Balaban J connectivity index is 2.36. The number of aromatic nitrogens is 2. The third kappa shape index (κ3) is 2.21. The molecule has 0 spiro atoms. The minimum Gasteiger partial charge on any atom is -0.396 e. The van der Waals surface area contributed by atoms with E-state index < -0.39 is 0 Å². The molecule has 2 heterocycles. The molecule has 0 aromatic carbocycles. The molecule has 0 saturated carbocycles. The zero-order valence-corrected chi connectivity index (χ0v) is 11.0. The van der Waals surface area contributed by atoms with Crippen LogP contribution < -0.4 is 0 Å². The number of aliphatic hydroxyl groups is 1. The normalized spacial score (nSPS) is 11.2. The van der Waals surface area contributed by atoms with Crippen LogP contribution in [0.4, 0.5) is 0 Å². The maximum atomic E-state index is 8.77. The summed E-state index contributed by atoms with van der Waals surface area (Å²) in [5.41, 5.74) is 1.28. The van der Waals surface area contributed by atoms with Gasteiger partial charge in [0.05, 0.1) is 0 Å². The van der Waals surface area contributed by atoms with Crippen molar-refractivity contribution in [1.82, 2.24) is 9.97 Å². The van der Waals surface area contributed by atoms with E-state index in [1.807, 2.05) is 0 Å². The van der Waals surface area contributed by atoms with E-state index in [9.17, 15) is 0 Å². The monoisotopic (exact) mass is 254 g/mol. The number of fused-ring (bicyclic) bond motifs is 1. The lowest BCUT2D eigenvalue weighted by atomic mass is 10.2. The van der Waals surface area contributed by atoms with Gasteiger partial charge in [0.1, 0.15) is 16.2 Å². The van der Waals surface area contributed by atoms with Crippen molar-refractivity contribution in [3.8, 4) is 0 Å². The summed E-state index contributed by atoms with van der Waals surface area (Å²) >= 11 is 3.42. The first-order valence-electron chi connectivity index (χ1n) is 5.18. The molecule has 0 atom stereocenters. The van der Waals surface area contributed by atoms with Gasteiger partial charge in [-0.1, -0.05) is 0 Å². The Morgan fingerprint density at radius 2 is 2.19 bits per heavy atom. The number of thioether (sulfide) groups is 1. The molecule has 0 radical (unpaired) electrons. The van der Waals surface area contributed by atoms with Gasteiger partial charge in [-0.05, 0) is 25.8 Å². The second kappa shape index (κ2) is 5.12. The van der Waals surface area contributed by atoms with Gasteiger partial charge in [-0.15, -0.1) is 23.1 Å². The van der Waals surface area contributed by atoms with Crippen LogP contribution in [0.2, 0.25) is 0 Å². The molecule has 0 amide bonds. The van der Waals surface area contributed by atoms with Gasteiger partial charge in [-0.25, -0.2) is 9.97 Å². The first-order chi connectivity index (χ1) is 7.74. The van der Waals surface area contributed by atoms with Crippen LogP contribution in [-0.4, -0.2) is 27.4 Å². The Labute approximate surface area is 103 Å². The number of thiophene rings is 1. The summed E-state index contributed by atoms with van der Waals surface area (Å²) in [5, 5.41) is 11.0. The number of nitrogens with zero attached hydrogens (tertiary/aromatic N) is 2. The smallest absolute Gasteiger partial charge is 0.128 e.